The Kier molecular flexibility index (Phi) is 7.09. The summed E-state index contributed by atoms with van der Waals surface area (Å²) in [5.41, 5.74) is 1.54. The first-order valence-corrected chi connectivity index (χ1v) is 11.3. The highest BCUT2D eigenvalue weighted by atomic mass is 35.5. The number of carbonyl (C=O) groups is 1. The van der Waals surface area contributed by atoms with E-state index in [1.54, 1.807) is 55.8 Å². The Labute approximate surface area is 187 Å². The molecule has 0 saturated carbocycles. The standard InChI is InChI=1S/C23H22ClN3O3S/c1-3-15-27(22-10-5-4-9-21(22)24)31(29,30)20-8-6-7-19(16-20)23(28)26(2)17-18-11-13-25-14-12-18/h3-14,16H,1,15,17H2,2H3. The highest BCUT2D eigenvalue weighted by Gasteiger charge is 2.26. The molecule has 0 saturated heterocycles. The maximum absolute atomic E-state index is 13.4. The van der Waals surface area contributed by atoms with Crippen LogP contribution in [-0.2, 0) is 16.6 Å². The topological polar surface area (TPSA) is 70.6 Å². The molecule has 2 aromatic carbocycles. The van der Waals surface area contributed by atoms with Gasteiger partial charge >= 0.3 is 0 Å². The molecule has 0 aliphatic heterocycles. The summed E-state index contributed by atoms with van der Waals surface area (Å²) in [6.07, 6.45) is 4.80. The van der Waals surface area contributed by atoms with E-state index in [1.165, 1.54) is 27.4 Å². The van der Waals surface area contributed by atoms with Crippen molar-refractivity contribution in [2.75, 3.05) is 17.9 Å². The van der Waals surface area contributed by atoms with Crippen molar-refractivity contribution in [2.24, 2.45) is 0 Å². The van der Waals surface area contributed by atoms with Crippen LogP contribution in [0, 0.1) is 0 Å². The summed E-state index contributed by atoms with van der Waals surface area (Å²) >= 11 is 6.24. The average molecular weight is 456 g/mol. The molecule has 1 amide bonds. The van der Waals surface area contributed by atoms with Crippen LogP contribution in [0.2, 0.25) is 5.02 Å². The largest absolute Gasteiger partial charge is 0.337 e. The first-order chi connectivity index (χ1) is 14.8. The van der Waals surface area contributed by atoms with Gasteiger partial charge in [0.15, 0.2) is 0 Å². The van der Waals surface area contributed by atoms with Gasteiger partial charge < -0.3 is 4.90 Å². The number of hydrogen-bond acceptors (Lipinski definition) is 4. The van der Waals surface area contributed by atoms with Crippen LogP contribution in [0.5, 0.6) is 0 Å². The summed E-state index contributed by atoms with van der Waals surface area (Å²) in [5, 5.41) is 0.303. The number of aromatic nitrogens is 1. The summed E-state index contributed by atoms with van der Waals surface area (Å²) in [6, 6.07) is 16.3. The van der Waals surface area contributed by atoms with E-state index in [-0.39, 0.29) is 22.9 Å². The highest BCUT2D eigenvalue weighted by molar-refractivity contribution is 7.92. The zero-order chi connectivity index (χ0) is 22.4. The Morgan fingerprint density at radius 2 is 1.81 bits per heavy atom. The Morgan fingerprint density at radius 3 is 2.48 bits per heavy atom. The van der Waals surface area contributed by atoms with Crippen LogP contribution in [0.3, 0.4) is 0 Å². The van der Waals surface area contributed by atoms with Crippen molar-refractivity contribution in [1.29, 1.82) is 0 Å². The molecule has 6 nitrogen and oxygen atoms in total. The monoisotopic (exact) mass is 455 g/mol. The summed E-state index contributed by atoms with van der Waals surface area (Å²) in [7, 11) is -2.32. The van der Waals surface area contributed by atoms with Crippen molar-refractivity contribution >= 4 is 33.2 Å². The second kappa shape index (κ2) is 9.76. The van der Waals surface area contributed by atoms with E-state index < -0.39 is 10.0 Å². The van der Waals surface area contributed by atoms with Crippen molar-refractivity contribution in [1.82, 2.24) is 9.88 Å². The van der Waals surface area contributed by atoms with Crippen LogP contribution in [0.4, 0.5) is 5.69 Å². The van der Waals surface area contributed by atoms with Crippen LogP contribution in [-0.4, -0.2) is 37.8 Å². The highest BCUT2D eigenvalue weighted by Crippen LogP contribution is 2.30. The molecule has 0 aliphatic rings. The van der Waals surface area contributed by atoms with Crippen molar-refractivity contribution in [3.63, 3.8) is 0 Å². The number of rotatable bonds is 8. The van der Waals surface area contributed by atoms with E-state index in [4.69, 9.17) is 11.6 Å². The minimum Gasteiger partial charge on any atom is -0.337 e. The zero-order valence-electron chi connectivity index (χ0n) is 17.0. The molecule has 1 heterocycles. The van der Waals surface area contributed by atoms with Gasteiger partial charge in [-0.2, -0.15) is 0 Å². The van der Waals surface area contributed by atoms with E-state index in [1.807, 2.05) is 12.1 Å². The molecule has 3 aromatic rings. The smallest absolute Gasteiger partial charge is 0.264 e. The van der Waals surface area contributed by atoms with Crippen molar-refractivity contribution < 1.29 is 13.2 Å². The zero-order valence-corrected chi connectivity index (χ0v) is 18.6. The number of hydrogen-bond donors (Lipinski definition) is 0. The van der Waals surface area contributed by atoms with Crippen molar-refractivity contribution in [3.8, 4) is 0 Å². The SMILES string of the molecule is C=CCN(c1ccccc1Cl)S(=O)(=O)c1cccc(C(=O)N(C)Cc2ccncc2)c1. The summed E-state index contributed by atoms with van der Waals surface area (Å²) in [5.74, 6) is -0.290. The Balaban J connectivity index is 1.92. The molecule has 0 bridgehead atoms. The van der Waals surface area contributed by atoms with E-state index in [9.17, 15) is 13.2 Å². The number of para-hydroxylation sites is 1. The molecule has 0 spiro atoms. The van der Waals surface area contributed by atoms with E-state index >= 15 is 0 Å². The van der Waals surface area contributed by atoms with Gasteiger partial charge in [0.1, 0.15) is 0 Å². The maximum atomic E-state index is 13.4. The van der Waals surface area contributed by atoms with Crippen LogP contribution in [0.15, 0.2) is 90.6 Å². The van der Waals surface area contributed by atoms with Gasteiger partial charge in [-0.15, -0.1) is 6.58 Å². The minimum atomic E-state index is -3.98. The van der Waals surface area contributed by atoms with Gasteiger partial charge in [0.25, 0.3) is 15.9 Å². The molecule has 160 valence electrons. The van der Waals surface area contributed by atoms with E-state index in [0.717, 1.165) is 5.56 Å². The number of carbonyl (C=O) groups excluding carboxylic acids is 1. The van der Waals surface area contributed by atoms with Gasteiger partial charge in [-0.3, -0.25) is 14.1 Å². The quantitative estimate of drug-likeness (QED) is 0.472. The number of amides is 1. The molecule has 0 N–H and O–H groups in total. The maximum Gasteiger partial charge on any atom is 0.264 e. The van der Waals surface area contributed by atoms with E-state index in [0.29, 0.717) is 17.3 Å². The van der Waals surface area contributed by atoms with Crippen LogP contribution >= 0.6 is 11.6 Å². The lowest BCUT2D eigenvalue weighted by Crippen LogP contribution is -2.32. The second-order valence-electron chi connectivity index (χ2n) is 6.82. The summed E-state index contributed by atoms with van der Waals surface area (Å²) in [6.45, 7) is 4.07. The lowest BCUT2D eigenvalue weighted by atomic mass is 10.2. The Bertz CT molecular complexity index is 1180. The molecule has 0 unspecified atom stereocenters. The third kappa shape index (κ3) is 5.13. The fourth-order valence-electron chi connectivity index (χ4n) is 3.07. The third-order valence-corrected chi connectivity index (χ3v) is 6.70. The average Bonchev–Trinajstić information content (AvgIpc) is 2.78. The Hall–Kier alpha value is -3.16. The van der Waals surface area contributed by atoms with Crippen molar-refractivity contribution in [3.05, 3.63) is 102 Å². The molecule has 31 heavy (non-hydrogen) atoms. The third-order valence-electron chi connectivity index (χ3n) is 4.60. The predicted molar refractivity (Wildman–Crippen MR) is 123 cm³/mol. The number of nitrogens with zero attached hydrogens (tertiary/aromatic N) is 3. The molecular weight excluding hydrogens is 434 g/mol. The number of benzene rings is 2. The van der Waals surface area contributed by atoms with Crippen LogP contribution in [0.1, 0.15) is 15.9 Å². The molecule has 1 aromatic heterocycles. The Morgan fingerprint density at radius 1 is 1.10 bits per heavy atom. The summed E-state index contributed by atoms with van der Waals surface area (Å²) in [4.78, 5) is 18.4. The number of anilines is 1. The fourth-order valence-corrected chi connectivity index (χ4v) is 4.86. The lowest BCUT2D eigenvalue weighted by Gasteiger charge is -2.24. The van der Waals surface area contributed by atoms with Gasteiger partial charge in [-0.1, -0.05) is 35.9 Å². The van der Waals surface area contributed by atoms with E-state index in [2.05, 4.69) is 11.6 Å². The van der Waals surface area contributed by atoms with Gasteiger partial charge in [0.2, 0.25) is 0 Å². The van der Waals surface area contributed by atoms with Gasteiger partial charge in [0, 0.05) is 31.5 Å². The van der Waals surface area contributed by atoms with Crippen LogP contribution in [0.25, 0.3) is 0 Å². The molecule has 0 atom stereocenters. The molecule has 3 rings (SSSR count). The molecule has 0 aliphatic carbocycles. The molecule has 0 fully saturated rings. The van der Waals surface area contributed by atoms with Gasteiger partial charge in [-0.25, -0.2) is 8.42 Å². The lowest BCUT2D eigenvalue weighted by molar-refractivity contribution is 0.0785. The first-order valence-electron chi connectivity index (χ1n) is 9.47. The van der Waals surface area contributed by atoms with Gasteiger partial charge in [0.05, 0.1) is 22.2 Å². The number of pyridine rings is 1. The van der Waals surface area contributed by atoms with Crippen LogP contribution < -0.4 is 4.31 Å². The second-order valence-corrected chi connectivity index (χ2v) is 9.09. The normalized spacial score (nSPS) is 11.0. The molecular formula is C23H22ClN3O3S. The molecule has 8 heteroatoms. The van der Waals surface area contributed by atoms with Gasteiger partial charge in [-0.05, 0) is 48.0 Å². The predicted octanol–water partition coefficient (Wildman–Crippen LogP) is 4.39. The fraction of sp³-hybridized carbons (Fsp3) is 0.130. The number of halogens is 1. The summed E-state index contributed by atoms with van der Waals surface area (Å²) < 4.78 is 28.0. The minimum absolute atomic E-state index is 0.00238. The number of sulfonamides is 1. The molecule has 0 radical (unpaired) electrons. The first kappa shape index (κ1) is 22.5. The van der Waals surface area contributed by atoms with Crippen molar-refractivity contribution in [2.45, 2.75) is 11.4 Å².